The summed E-state index contributed by atoms with van der Waals surface area (Å²) in [6.07, 6.45) is 0.845. The normalized spacial score (nSPS) is 13.3. The quantitative estimate of drug-likeness (QED) is 0.0812. The third-order valence-electron chi connectivity index (χ3n) is 7.84. The van der Waals surface area contributed by atoms with E-state index in [0.717, 1.165) is 35.0 Å². The van der Waals surface area contributed by atoms with Gasteiger partial charge in [-0.15, -0.1) is 0 Å². The molecular weight excluding hydrogens is 737 g/mol. The van der Waals surface area contributed by atoms with Crippen LogP contribution in [-0.4, -0.2) is 99.9 Å². The molecule has 1 aliphatic carbocycles. The van der Waals surface area contributed by atoms with E-state index < -0.39 is 32.3 Å². The van der Waals surface area contributed by atoms with E-state index in [1.165, 1.54) is 0 Å². The van der Waals surface area contributed by atoms with Gasteiger partial charge in [0.05, 0.1) is 60.4 Å². The second-order valence-corrected chi connectivity index (χ2v) is 16.3. The predicted octanol–water partition coefficient (Wildman–Crippen LogP) is 3.12. The zero-order valence-corrected chi connectivity index (χ0v) is 32.2. The first-order valence-electron chi connectivity index (χ1n) is 16.9. The fourth-order valence-electron chi connectivity index (χ4n) is 5.02. The van der Waals surface area contributed by atoms with Gasteiger partial charge >= 0.3 is 0 Å². The molecule has 1 aliphatic rings. The van der Waals surface area contributed by atoms with E-state index in [1.807, 2.05) is 74.5 Å². The van der Waals surface area contributed by atoms with Crippen LogP contribution in [0.2, 0.25) is 0 Å². The summed E-state index contributed by atoms with van der Waals surface area (Å²) < 4.78 is 46.2. The van der Waals surface area contributed by atoms with Gasteiger partial charge in [-0.05, 0) is 63.1 Å². The number of aliphatic hydroxyl groups excluding tert-OH is 4. The molecule has 0 aromatic heterocycles. The van der Waals surface area contributed by atoms with E-state index in [0.29, 0.717) is 33.6 Å². The Balaban J connectivity index is 0.000000294. The molecule has 0 saturated heterocycles. The average Bonchev–Trinajstić information content (AvgIpc) is 3.12. The number of hydrogen-bond acceptors (Lipinski definition) is 12. The zero-order chi connectivity index (χ0) is 40.1. The molecule has 0 heterocycles. The number of hydrogen-bond donors (Lipinski definition) is 8. The Morgan fingerprint density at radius 2 is 0.889 bits per heavy atom. The largest absolute Gasteiger partial charge is 0.394 e. The molecule has 54 heavy (non-hydrogen) atoms. The van der Waals surface area contributed by atoms with Crippen LogP contribution in [0.25, 0.3) is 0 Å². The van der Waals surface area contributed by atoms with E-state index in [4.69, 9.17) is 20.4 Å². The van der Waals surface area contributed by atoms with E-state index in [2.05, 4.69) is 20.1 Å². The number of anilines is 4. The standard InChI is InChI=1S/C28H22N2O2.2C5H13NO4S/c1-17-7-11-19(12-8-17)29-23-15-16-24(30-20-13-9-18(2)10-14-20)26-25(23)27(31)21-5-3-4-6-22(21)28(26)32;2*1-11(9,10)6-3-2-5(8)4-7/h3-16,29-30H,1-2H3;2*5-8H,2-4H2,1H3. The van der Waals surface area contributed by atoms with Crippen molar-refractivity contribution in [3.8, 4) is 0 Å². The van der Waals surface area contributed by atoms with Gasteiger partial charge in [0, 0.05) is 35.6 Å². The van der Waals surface area contributed by atoms with Crippen LogP contribution in [0.3, 0.4) is 0 Å². The van der Waals surface area contributed by atoms with Crippen LogP contribution in [0.4, 0.5) is 22.7 Å². The predicted molar refractivity (Wildman–Crippen MR) is 210 cm³/mol. The average molecular weight is 785 g/mol. The molecule has 292 valence electrons. The number of nitrogens with one attached hydrogen (secondary N) is 4. The number of aryl methyl sites for hydroxylation is 2. The topological polar surface area (TPSA) is 231 Å². The fraction of sp³-hybridized carbons (Fsp3) is 0.316. The van der Waals surface area contributed by atoms with Crippen LogP contribution in [-0.2, 0) is 20.0 Å². The molecule has 4 aromatic rings. The minimum Gasteiger partial charge on any atom is -0.394 e. The number of ketones is 2. The maximum Gasteiger partial charge on any atom is 0.208 e. The summed E-state index contributed by atoms with van der Waals surface area (Å²) in [6.45, 7) is 3.67. The maximum atomic E-state index is 13.5. The Bertz CT molecular complexity index is 1940. The highest BCUT2D eigenvalue weighted by Crippen LogP contribution is 2.38. The molecule has 0 radical (unpaired) electrons. The van der Waals surface area contributed by atoms with Crippen LogP contribution in [0.1, 0.15) is 55.8 Å². The molecule has 0 fully saturated rings. The number of benzene rings is 4. The highest BCUT2D eigenvalue weighted by atomic mass is 32.2. The molecule has 0 bridgehead atoms. The van der Waals surface area contributed by atoms with E-state index >= 15 is 0 Å². The third-order valence-corrected chi connectivity index (χ3v) is 9.30. The summed E-state index contributed by atoms with van der Waals surface area (Å²) in [7, 11) is -6.34. The second kappa shape index (κ2) is 20.2. The van der Waals surface area contributed by atoms with E-state index in [9.17, 15) is 26.4 Å². The number of carbonyl (C=O) groups excluding carboxylic acids is 2. The summed E-state index contributed by atoms with van der Waals surface area (Å²) in [6, 6.07) is 26.6. The zero-order valence-electron chi connectivity index (χ0n) is 30.5. The Morgan fingerprint density at radius 1 is 0.556 bits per heavy atom. The molecule has 8 N–H and O–H groups in total. The number of carbonyl (C=O) groups is 2. The van der Waals surface area contributed by atoms with Gasteiger partial charge in [0.25, 0.3) is 0 Å². The van der Waals surface area contributed by atoms with Crippen molar-refractivity contribution < 1.29 is 46.9 Å². The van der Waals surface area contributed by atoms with Gasteiger partial charge in [-0.1, -0.05) is 59.7 Å². The van der Waals surface area contributed by atoms with Crippen LogP contribution in [0, 0.1) is 13.8 Å². The number of aliphatic hydroxyl groups is 4. The van der Waals surface area contributed by atoms with Gasteiger partial charge < -0.3 is 31.1 Å². The lowest BCUT2D eigenvalue weighted by molar-refractivity contribution is 0.0895. The molecule has 0 spiro atoms. The second-order valence-electron chi connectivity index (χ2n) is 12.7. The summed E-state index contributed by atoms with van der Waals surface area (Å²) in [5, 5.41) is 40.9. The molecule has 5 rings (SSSR count). The van der Waals surface area contributed by atoms with Gasteiger partial charge in [0.1, 0.15) is 0 Å². The van der Waals surface area contributed by atoms with Gasteiger partial charge in [-0.25, -0.2) is 26.3 Å². The third kappa shape index (κ3) is 14.0. The number of rotatable bonds is 14. The molecule has 0 saturated carbocycles. The number of sulfonamides is 2. The number of fused-ring (bicyclic) bond motifs is 2. The maximum absolute atomic E-state index is 13.5. The molecule has 2 atom stereocenters. The van der Waals surface area contributed by atoms with Crippen LogP contribution >= 0.6 is 0 Å². The molecule has 16 heteroatoms. The van der Waals surface area contributed by atoms with Gasteiger partial charge in [-0.2, -0.15) is 0 Å². The Labute approximate surface area is 316 Å². The molecule has 4 aromatic carbocycles. The summed E-state index contributed by atoms with van der Waals surface area (Å²) in [5.41, 5.74) is 6.90. The Kier molecular flexibility index (Phi) is 16.4. The van der Waals surface area contributed by atoms with Crippen molar-refractivity contribution >= 4 is 54.4 Å². The SMILES string of the molecule is CS(=O)(=O)NCCC(O)CO.CS(=O)(=O)NCCC(O)CO.Cc1ccc(Nc2ccc(Nc3ccc(C)cc3)c3c2C(=O)c2ccccc2C3=O)cc1. The van der Waals surface area contributed by atoms with Gasteiger partial charge in [-0.3, -0.25) is 9.59 Å². The lowest BCUT2D eigenvalue weighted by Gasteiger charge is -2.24. The molecular formula is C38H48N4O10S2. The van der Waals surface area contributed by atoms with E-state index in [-0.39, 0.29) is 50.7 Å². The van der Waals surface area contributed by atoms with Crippen LogP contribution in [0.15, 0.2) is 84.9 Å². The smallest absolute Gasteiger partial charge is 0.208 e. The van der Waals surface area contributed by atoms with Crippen LogP contribution < -0.4 is 20.1 Å². The van der Waals surface area contributed by atoms with Crippen molar-refractivity contribution in [1.29, 1.82) is 0 Å². The summed E-state index contributed by atoms with van der Waals surface area (Å²) >= 11 is 0. The molecule has 0 aliphatic heterocycles. The highest BCUT2D eigenvalue weighted by Gasteiger charge is 2.34. The van der Waals surface area contributed by atoms with Crippen molar-refractivity contribution in [1.82, 2.24) is 9.44 Å². The first-order valence-corrected chi connectivity index (χ1v) is 20.7. The van der Waals surface area contributed by atoms with Gasteiger partial charge in [0.15, 0.2) is 11.6 Å². The van der Waals surface area contributed by atoms with Gasteiger partial charge in [0.2, 0.25) is 20.0 Å². The molecule has 0 amide bonds. The minimum atomic E-state index is -3.17. The monoisotopic (exact) mass is 784 g/mol. The van der Waals surface area contributed by atoms with E-state index in [1.54, 1.807) is 24.3 Å². The molecule has 14 nitrogen and oxygen atoms in total. The van der Waals surface area contributed by atoms with Crippen LogP contribution in [0.5, 0.6) is 0 Å². The Hall–Kier alpha value is -4.52. The highest BCUT2D eigenvalue weighted by molar-refractivity contribution is 7.89. The van der Waals surface area contributed by atoms with Crippen molar-refractivity contribution in [2.24, 2.45) is 0 Å². The first kappa shape index (κ1) is 43.9. The lowest BCUT2D eigenvalue weighted by Crippen LogP contribution is -2.27. The van der Waals surface area contributed by atoms with Crippen molar-refractivity contribution in [3.63, 3.8) is 0 Å². The van der Waals surface area contributed by atoms with Crippen molar-refractivity contribution in [2.45, 2.75) is 38.9 Å². The minimum absolute atomic E-state index is 0.153. The first-order chi connectivity index (χ1) is 25.4. The summed E-state index contributed by atoms with van der Waals surface area (Å²) in [5.74, 6) is -0.310. The van der Waals surface area contributed by atoms with Crippen molar-refractivity contribution in [2.75, 3.05) is 49.4 Å². The fourth-order valence-corrected chi connectivity index (χ4v) is 6.00. The molecule has 2 unspecified atom stereocenters. The Morgan fingerprint density at radius 3 is 1.19 bits per heavy atom. The lowest BCUT2D eigenvalue weighted by atomic mass is 9.82. The van der Waals surface area contributed by atoms with Crippen molar-refractivity contribution in [3.05, 3.63) is 118 Å². The summed E-state index contributed by atoms with van der Waals surface area (Å²) in [4.78, 5) is 27.1.